The Balaban J connectivity index is 2.70. The zero-order valence-electron chi connectivity index (χ0n) is 10.3. The highest BCUT2D eigenvalue weighted by Crippen LogP contribution is 2.13. The number of anilines is 1. The molecule has 17 heavy (non-hydrogen) atoms. The van der Waals surface area contributed by atoms with E-state index in [0.29, 0.717) is 5.82 Å². The molecule has 0 aliphatic carbocycles. The fraction of sp³-hybridized carbons (Fsp3) is 0.500. The van der Waals surface area contributed by atoms with Crippen LogP contribution < -0.4 is 11.3 Å². The molecule has 0 fully saturated rings. The molecule has 0 amide bonds. The fourth-order valence-electron chi connectivity index (χ4n) is 1.67. The second-order valence-electron chi connectivity index (χ2n) is 4.01. The molecule has 1 heterocycles. The zero-order valence-corrected chi connectivity index (χ0v) is 10.3. The molecule has 3 N–H and O–H groups in total. The lowest BCUT2D eigenvalue weighted by Crippen LogP contribution is -2.28. The molecule has 0 bridgehead atoms. The van der Waals surface area contributed by atoms with Crippen LogP contribution in [-0.4, -0.2) is 23.0 Å². The van der Waals surface area contributed by atoms with E-state index in [-0.39, 0.29) is 5.92 Å². The lowest BCUT2D eigenvalue weighted by Gasteiger charge is -2.22. The average molecular weight is 233 g/mol. The number of aromatic nitrogens is 1. The van der Waals surface area contributed by atoms with Gasteiger partial charge in [-0.25, -0.2) is 10.8 Å². The Morgan fingerprint density at radius 1 is 1.65 bits per heavy atom. The Bertz CT molecular complexity index is 385. The number of nitriles is 1. The van der Waals surface area contributed by atoms with Crippen molar-refractivity contribution in [1.82, 2.24) is 9.88 Å². The third kappa shape index (κ3) is 4.02. The molecule has 0 aliphatic heterocycles. The van der Waals surface area contributed by atoms with Crippen molar-refractivity contribution in [2.24, 2.45) is 11.8 Å². The van der Waals surface area contributed by atoms with Gasteiger partial charge in [-0.2, -0.15) is 5.26 Å². The summed E-state index contributed by atoms with van der Waals surface area (Å²) >= 11 is 0. The fourth-order valence-corrected chi connectivity index (χ4v) is 1.67. The average Bonchev–Trinajstić information content (AvgIpc) is 2.38. The van der Waals surface area contributed by atoms with Gasteiger partial charge < -0.3 is 5.43 Å². The first-order chi connectivity index (χ1) is 8.21. The van der Waals surface area contributed by atoms with Gasteiger partial charge in [0.05, 0.1) is 12.0 Å². The third-order valence-corrected chi connectivity index (χ3v) is 2.62. The first-order valence-electron chi connectivity index (χ1n) is 5.73. The van der Waals surface area contributed by atoms with Crippen molar-refractivity contribution in [2.75, 3.05) is 18.5 Å². The van der Waals surface area contributed by atoms with Gasteiger partial charge in [0.25, 0.3) is 0 Å². The molecular weight excluding hydrogens is 214 g/mol. The Morgan fingerprint density at radius 3 is 3.00 bits per heavy atom. The van der Waals surface area contributed by atoms with Gasteiger partial charge >= 0.3 is 0 Å². The smallest absolute Gasteiger partial charge is 0.144 e. The summed E-state index contributed by atoms with van der Waals surface area (Å²) in [6, 6.07) is 6.12. The van der Waals surface area contributed by atoms with E-state index in [1.807, 2.05) is 19.1 Å². The summed E-state index contributed by atoms with van der Waals surface area (Å²) in [5.74, 6) is 6.13. The van der Waals surface area contributed by atoms with Crippen LogP contribution >= 0.6 is 0 Å². The quantitative estimate of drug-likeness (QED) is 0.573. The van der Waals surface area contributed by atoms with Crippen LogP contribution in [0.3, 0.4) is 0 Å². The van der Waals surface area contributed by atoms with E-state index in [9.17, 15) is 0 Å². The number of rotatable bonds is 6. The van der Waals surface area contributed by atoms with Crippen LogP contribution in [0.1, 0.15) is 19.4 Å². The predicted octanol–water partition coefficient (Wildman–Crippen LogP) is 1.35. The minimum atomic E-state index is 0.0286. The Morgan fingerprint density at radius 2 is 2.41 bits per heavy atom. The molecule has 1 unspecified atom stereocenters. The second kappa shape index (κ2) is 6.84. The molecule has 0 radical (unpaired) electrons. The number of hydrogen-bond donors (Lipinski definition) is 2. The number of nitrogen functional groups attached to an aromatic ring is 1. The summed E-state index contributed by atoms with van der Waals surface area (Å²) in [5.41, 5.74) is 3.63. The van der Waals surface area contributed by atoms with Gasteiger partial charge in [0.1, 0.15) is 5.82 Å². The van der Waals surface area contributed by atoms with E-state index >= 15 is 0 Å². The van der Waals surface area contributed by atoms with Crippen LogP contribution in [0.2, 0.25) is 0 Å². The number of nitrogens with one attached hydrogen (secondary N) is 1. The van der Waals surface area contributed by atoms with Crippen molar-refractivity contribution in [3.8, 4) is 6.07 Å². The van der Waals surface area contributed by atoms with E-state index in [2.05, 4.69) is 28.3 Å². The van der Waals surface area contributed by atoms with Crippen LogP contribution in [0.4, 0.5) is 5.82 Å². The normalized spacial score (nSPS) is 12.2. The van der Waals surface area contributed by atoms with Crippen molar-refractivity contribution in [3.63, 3.8) is 0 Å². The summed E-state index contributed by atoms with van der Waals surface area (Å²) in [4.78, 5) is 6.36. The summed E-state index contributed by atoms with van der Waals surface area (Å²) in [5, 5.41) is 8.82. The summed E-state index contributed by atoms with van der Waals surface area (Å²) in [7, 11) is 0. The largest absolute Gasteiger partial charge is 0.308 e. The molecule has 0 aliphatic rings. The molecule has 92 valence electrons. The minimum Gasteiger partial charge on any atom is -0.308 e. The minimum absolute atomic E-state index is 0.0286. The van der Waals surface area contributed by atoms with Gasteiger partial charge in [0, 0.05) is 24.8 Å². The Hall–Kier alpha value is -1.64. The van der Waals surface area contributed by atoms with Crippen molar-refractivity contribution < 1.29 is 0 Å². The van der Waals surface area contributed by atoms with Gasteiger partial charge in [0.15, 0.2) is 0 Å². The lowest BCUT2D eigenvalue weighted by atomic mass is 10.1. The summed E-state index contributed by atoms with van der Waals surface area (Å²) in [6.07, 6.45) is 1.70. The van der Waals surface area contributed by atoms with E-state index in [1.165, 1.54) is 0 Å². The first kappa shape index (κ1) is 13.4. The Kier molecular flexibility index (Phi) is 5.40. The monoisotopic (exact) mass is 233 g/mol. The van der Waals surface area contributed by atoms with Gasteiger partial charge in [0.2, 0.25) is 0 Å². The third-order valence-electron chi connectivity index (χ3n) is 2.62. The highest BCUT2D eigenvalue weighted by Gasteiger charge is 2.10. The molecule has 0 spiro atoms. The number of nitrogens with two attached hydrogens (primary N) is 1. The van der Waals surface area contributed by atoms with E-state index in [1.54, 1.807) is 6.20 Å². The lowest BCUT2D eigenvalue weighted by molar-refractivity contribution is 0.260. The van der Waals surface area contributed by atoms with Crippen LogP contribution in [-0.2, 0) is 6.54 Å². The first-order valence-corrected chi connectivity index (χ1v) is 5.73. The molecule has 0 aromatic carbocycles. The maximum Gasteiger partial charge on any atom is 0.144 e. The number of nitrogens with zero attached hydrogens (tertiary/aromatic N) is 3. The maximum absolute atomic E-state index is 8.82. The molecule has 1 rings (SSSR count). The van der Waals surface area contributed by atoms with Gasteiger partial charge in [-0.3, -0.25) is 4.90 Å². The highest BCUT2D eigenvalue weighted by molar-refractivity contribution is 5.42. The van der Waals surface area contributed by atoms with Crippen LogP contribution in [0.5, 0.6) is 0 Å². The molecule has 1 aromatic heterocycles. The standard InChI is InChI=1S/C12H19N5/c1-3-17(8-10(2)7-13)9-11-5-4-6-15-12(11)16-14/h4-6,10H,3,8-9,14H2,1-2H3,(H,15,16). The molecule has 0 saturated heterocycles. The van der Waals surface area contributed by atoms with Crippen molar-refractivity contribution in [3.05, 3.63) is 23.9 Å². The van der Waals surface area contributed by atoms with E-state index < -0.39 is 0 Å². The zero-order chi connectivity index (χ0) is 12.7. The van der Waals surface area contributed by atoms with Crippen LogP contribution in [0.15, 0.2) is 18.3 Å². The predicted molar refractivity (Wildman–Crippen MR) is 67.8 cm³/mol. The molecule has 1 atom stereocenters. The van der Waals surface area contributed by atoms with E-state index in [4.69, 9.17) is 11.1 Å². The summed E-state index contributed by atoms with van der Waals surface area (Å²) < 4.78 is 0. The van der Waals surface area contributed by atoms with Gasteiger partial charge in [-0.15, -0.1) is 0 Å². The molecule has 0 saturated carbocycles. The van der Waals surface area contributed by atoms with E-state index in [0.717, 1.165) is 25.2 Å². The van der Waals surface area contributed by atoms with Crippen molar-refractivity contribution in [2.45, 2.75) is 20.4 Å². The van der Waals surface area contributed by atoms with Crippen molar-refractivity contribution >= 4 is 5.82 Å². The van der Waals surface area contributed by atoms with Crippen LogP contribution in [0.25, 0.3) is 0 Å². The topological polar surface area (TPSA) is 78.0 Å². The highest BCUT2D eigenvalue weighted by atomic mass is 15.3. The molecule has 5 heteroatoms. The number of pyridine rings is 1. The van der Waals surface area contributed by atoms with Crippen LogP contribution in [0, 0.1) is 17.2 Å². The Labute approximate surface area is 102 Å². The second-order valence-corrected chi connectivity index (χ2v) is 4.01. The summed E-state index contributed by atoms with van der Waals surface area (Å²) in [6.45, 7) is 6.40. The SMILES string of the molecule is CCN(Cc1cccnc1NN)CC(C)C#N. The molecule has 5 nitrogen and oxygen atoms in total. The molecular formula is C12H19N5. The number of hydrazine groups is 1. The molecule has 1 aromatic rings. The van der Waals surface area contributed by atoms with Crippen molar-refractivity contribution in [1.29, 1.82) is 5.26 Å². The van der Waals surface area contributed by atoms with Gasteiger partial charge in [-0.05, 0) is 19.5 Å². The number of hydrogen-bond acceptors (Lipinski definition) is 5. The maximum atomic E-state index is 8.82. The van der Waals surface area contributed by atoms with Gasteiger partial charge in [-0.1, -0.05) is 13.0 Å².